The van der Waals surface area contributed by atoms with Gasteiger partial charge in [0.1, 0.15) is 34.7 Å². The maximum atomic E-state index is 12.2. The van der Waals surface area contributed by atoms with Crippen molar-refractivity contribution >= 4 is 57.5 Å². The summed E-state index contributed by atoms with van der Waals surface area (Å²) in [5.74, 6) is -5.08. The molecular weight excluding hydrogens is 544 g/mol. The zero-order valence-corrected chi connectivity index (χ0v) is 23.6. The lowest BCUT2D eigenvalue weighted by Gasteiger charge is -2.21. The molecule has 0 saturated carbocycles. The van der Waals surface area contributed by atoms with Crippen molar-refractivity contribution in [1.29, 1.82) is 0 Å². The summed E-state index contributed by atoms with van der Waals surface area (Å²) in [6, 6.07) is -2.82. The quantitative estimate of drug-likeness (QED) is 0.105. The summed E-state index contributed by atoms with van der Waals surface area (Å²) in [7, 11) is 1.83. The number of carbonyl (C=O) groups is 6. The van der Waals surface area contributed by atoms with Crippen molar-refractivity contribution in [3.8, 4) is 0 Å². The second kappa shape index (κ2) is 15.1. The van der Waals surface area contributed by atoms with E-state index >= 15 is 0 Å². The number of hydrogen-bond donors (Lipinski definition) is 6. The molecule has 2 atom stereocenters. The van der Waals surface area contributed by atoms with Gasteiger partial charge in [-0.2, -0.15) is 0 Å². The number of alkyl carbamates (subject to hydrolysis) is 2. The summed E-state index contributed by atoms with van der Waals surface area (Å²) in [5.41, 5.74) is -2.52. The van der Waals surface area contributed by atoms with Gasteiger partial charge in [0.25, 0.3) is 11.8 Å². The summed E-state index contributed by atoms with van der Waals surface area (Å²) < 4.78 is 9.97. The van der Waals surface area contributed by atoms with Crippen LogP contribution in [0.25, 0.3) is 0 Å². The molecule has 14 nitrogen and oxygen atoms in total. The Kier molecular flexibility index (Phi) is 13.8. The second-order valence-electron chi connectivity index (χ2n) is 9.51. The molecule has 0 aliphatic carbocycles. The predicted molar refractivity (Wildman–Crippen MR) is 141 cm³/mol. The van der Waals surface area contributed by atoms with E-state index in [1.807, 2.05) is 0 Å². The van der Waals surface area contributed by atoms with Gasteiger partial charge in [0.15, 0.2) is 0 Å². The Balaban J connectivity index is 4.78. The maximum absolute atomic E-state index is 12.2. The van der Waals surface area contributed by atoms with Crippen LogP contribution in [0.1, 0.15) is 41.5 Å². The van der Waals surface area contributed by atoms with Crippen LogP contribution in [0.4, 0.5) is 9.59 Å². The number of hydrogen-bond acceptors (Lipinski definition) is 10. The van der Waals surface area contributed by atoms with E-state index in [1.165, 1.54) is 0 Å². The summed E-state index contributed by atoms with van der Waals surface area (Å²) in [5, 5.41) is 27.3. The van der Waals surface area contributed by atoms with Crippen molar-refractivity contribution in [1.82, 2.24) is 21.3 Å². The van der Waals surface area contributed by atoms with Gasteiger partial charge >= 0.3 is 24.1 Å². The number of rotatable bonds is 13. The van der Waals surface area contributed by atoms with Crippen LogP contribution in [0.2, 0.25) is 0 Å². The molecule has 214 valence electrons. The van der Waals surface area contributed by atoms with Crippen molar-refractivity contribution < 1.29 is 48.5 Å². The zero-order valence-electron chi connectivity index (χ0n) is 22.0. The van der Waals surface area contributed by atoms with Crippen LogP contribution in [0.5, 0.6) is 0 Å². The Hall–Kier alpha value is -3.40. The van der Waals surface area contributed by atoms with Gasteiger partial charge in [-0.05, 0) is 41.5 Å². The van der Waals surface area contributed by atoms with E-state index in [9.17, 15) is 39.0 Å². The van der Waals surface area contributed by atoms with Crippen molar-refractivity contribution in [2.75, 3.05) is 11.5 Å². The highest BCUT2D eigenvalue weighted by Gasteiger charge is 2.26. The minimum atomic E-state index is -1.41. The number of aliphatic carboxylic acids is 2. The van der Waals surface area contributed by atoms with Crippen molar-refractivity contribution in [3.05, 3.63) is 24.6 Å². The Morgan fingerprint density at radius 2 is 0.974 bits per heavy atom. The molecule has 0 unspecified atom stereocenters. The molecule has 0 aromatic heterocycles. The summed E-state index contributed by atoms with van der Waals surface area (Å²) in [6.45, 7) is 16.4. The largest absolute Gasteiger partial charge is 0.480 e. The fourth-order valence-electron chi connectivity index (χ4n) is 2.04. The van der Waals surface area contributed by atoms with Gasteiger partial charge in [0, 0.05) is 11.5 Å². The molecule has 0 rings (SSSR count). The number of amides is 4. The lowest BCUT2D eigenvalue weighted by atomic mass is 10.2. The number of carboxylic acids is 2. The number of carboxylic acid groups (broad SMARTS) is 2. The molecule has 0 bridgehead atoms. The molecule has 0 spiro atoms. The summed E-state index contributed by atoms with van der Waals surface area (Å²) in [6.07, 6.45) is -1.89. The van der Waals surface area contributed by atoms with Crippen LogP contribution in [0, 0.1) is 0 Å². The molecule has 38 heavy (non-hydrogen) atoms. The molecule has 16 heteroatoms. The third-order valence-electron chi connectivity index (χ3n) is 3.61. The molecule has 0 saturated heterocycles. The lowest BCUT2D eigenvalue weighted by molar-refractivity contribution is -0.141. The van der Waals surface area contributed by atoms with Crippen LogP contribution in [0.15, 0.2) is 24.6 Å². The van der Waals surface area contributed by atoms with Gasteiger partial charge in [-0.1, -0.05) is 34.7 Å². The van der Waals surface area contributed by atoms with Crippen LogP contribution in [-0.2, 0) is 28.7 Å². The Bertz CT molecular complexity index is 881. The topological polar surface area (TPSA) is 209 Å². The van der Waals surface area contributed by atoms with Crippen molar-refractivity contribution in [3.63, 3.8) is 0 Å². The van der Waals surface area contributed by atoms with Gasteiger partial charge in [-0.3, -0.25) is 20.2 Å². The van der Waals surface area contributed by atoms with Crippen LogP contribution in [-0.4, -0.2) is 80.9 Å². The number of ether oxygens (including phenoxy) is 2. The third-order valence-corrected chi connectivity index (χ3v) is 6.03. The highest BCUT2D eigenvalue weighted by molar-refractivity contribution is 8.76. The van der Waals surface area contributed by atoms with E-state index in [-0.39, 0.29) is 11.5 Å². The first-order chi connectivity index (χ1) is 17.2. The SMILES string of the molecule is C=C(NC(=O)OC(C)(C)C)C(=O)N[C@@H](CSSC[C@H](NC(=O)C(=C)NC(=O)OC(C)(C)C)C(=O)O)C(=O)O. The summed E-state index contributed by atoms with van der Waals surface area (Å²) >= 11 is 0. The van der Waals surface area contributed by atoms with Crippen molar-refractivity contribution in [2.24, 2.45) is 0 Å². The molecule has 0 aromatic carbocycles. The first-order valence-electron chi connectivity index (χ1n) is 10.9. The van der Waals surface area contributed by atoms with Gasteiger partial charge in [0.2, 0.25) is 0 Å². The Morgan fingerprint density at radius 3 is 1.21 bits per heavy atom. The average Bonchev–Trinajstić information content (AvgIpc) is 2.71. The fourth-order valence-corrected chi connectivity index (χ4v) is 4.35. The first-order valence-corrected chi connectivity index (χ1v) is 13.4. The number of carbonyl (C=O) groups excluding carboxylic acids is 4. The lowest BCUT2D eigenvalue weighted by Crippen LogP contribution is -2.46. The maximum Gasteiger partial charge on any atom is 0.412 e. The van der Waals surface area contributed by atoms with E-state index in [0.29, 0.717) is 0 Å². The minimum Gasteiger partial charge on any atom is -0.480 e. The smallest absolute Gasteiger partial charge is 0.412 e. The fraction of sp³-hybridized carbons (Fsp3) is 0.545. The average molecular weight is 579 g/mol. The van der Waals surface area contributed by atoms with Gasteiger partial charge < -0.3 is 30.3 Å². The van der Waals surface area contributed by atoms with Gasteiger partial charge in [-0.25, -0.2) is 19.2 Å². The molecule has 6 N–H and O–H groups in total. The predicted octanol–water partition coefficient (Wildman–Crippen LogP) is 1.58. The van der Waals surface area contributed by atoms with Crippen LogP contribution >= 0.6 is 21.6 Å². The molecule has 4 amide bonds. The van der Waals surface area contributed by atoms with E-state index < -0.39 is 70.6 Å². The molecular formula is C22H34N4O10S2. The molecule has 0 aliphatic rings. The number of nitrogens with one attached hydrogen (secondary N) is 4. The Morgan fingerprint density at radius 1 is 0.684 bits per heavy atom. The van der Waals surface area contributed by atoms with Gasteiger partial charge in [0.05, 0.1) is 0 Å². The molecule has 0 fully saturated rings. The standard InChI is InChI=1S/C22H34N4O10S2/c1-11(23-19(33)35-21(3,4)5)15(27)25-13(17(29)30)9-37-38-10-14(18(31)32)26-16(28)12(2)24-20(34)36-22(6,7)8/h13-14H,1-2,9-10H2,3-8H3,(H,23,33)(H,24,34)(H,25,27)(H,26,28)(H,29,30)(H,31,32)/t13-,14-/m0/s1. The highest BCUT2D eigenvalue weighted by atomic mass is 33.1. The molecule has 0 radical (unpaired) electrons. The first kappa shape index (κ1) is 34.6. The summed E-state index contributed by atoms with van der Waals surface area (Å²) in [4.78, 5) is 70.9. The zero-order chi connectivity index (χ0) is 29.8. The molecule has 0 aliphatic heterocycles. The van der Waals surface area contributed by atoms with E-state index in [2.05, 4.69) is 34.4 Å². The van der Waals surface area contributed by atoms with E-state index in [1.54, 1.807) is 41.5 Å². The minimum absolute atomic E-state index is 0.196. The van der Waals surface area contributed by atoms with E-state index in [4.69, 9.17) is 9.47 Å². The van der Waals surface area contributed by atoms with Crippen LogP contribution < -0.4 is 21.3 Å². The third kappa shape index (κ3) is 15.7. The van der Waals surface area contributed by atoms with E-state index in [0.717, 1.165) is 21.6 Å². The Labute approximate surface area is 228 Å². The van der Waals surface area contributed by atoms with Crippen molar-refractivity contribution in [2.45, 2.75) is 64.8 Å². The molecule has 0 heterocycles. The molecule has 0 aromatic rings. The normalized spacial score (nSPS) is 12.7. The highest BCUT2D eigenvalue weighted by Crippen LogP contribution is 2.23. The van der Waals surface area contributed by atoms with Gasteiger partial charge in [-0.15, -0.1) is 0 Å². The second-order valence-corrected chi connectivity index (χ2v) is 12.1. The van der Waals surface area contributed by atoms with Crippen LogP contribution in [0.3, 0.4) is 0 Å². The monoisotopic (exact) mass is 578 g/mol.